The van der Waals surface area contributed by atoms with Crippen LogP contribution in [0.5, 0.6) is 0 Å². The van der Waals surface area contributed by atoms with Crippen molar-refractivity contribution in [3.05, 3.63) is 11.1 Å². The zero-order valence-electron chi connectivity index (χ0n) is 11.7. The van der Waals surface area contributed by atoms with Crippen molar-refractivity contribution in [2.75, 3.05) is 51.3 Å². The molecule has 0 radical (unpaired) electrons. The molecule has 2 rings (SSSR count). The maximum Gasteiger partial charge on any atom is 0.311 e. The molecule has 1 N–H and O–H groups in total. The number of hydrogen-bond donors (Lipinski definition) is 1. The Morgan fingerprint density at radius 2 is 2.30 bits per heavy atom. The molecule has 0 saturated carbocycles. The van der Waals surface area contributed by atoms with Crippen molar-refractivity contribution in [1.82, 2.24) is 9.88 Å². The Hall–Kier alpha value is -1.18. The number of ether oxygens (including phenoxy) is 1. The van der Waals surface area contributed by atoms with Crippen molar-refractivity contribution in [1.29, 1.82) is 0 Å². The molecule has 0 spiro atoms. The van der Waals surface area contributed by atoms with Crippen LogP contribution < -0.4 is 4.90 Å². The molecule has 0 unspecified atom stereocenters. The second kappa shape index (κ2) is 7.56. The van der Waals surface area contributed by atoms with Crippen LogP contribution in [-0.2, 0) is 16.0 Å². The molecule has 1 aliphatic rings. The average Bonchev–Trinajstić information content (AvgIpc) is 2.77. The van der Waals surface area contributed by atoms with E-state index in [1.165, 1.54) is 7.11 Å². The fourth-order valence-corrected chi connectivity index (χ4v) is 3.15. The summed E-state index contributed by atoms with van der Waals surface area (Å²) in [6.45, 7) is 4.77. The quantitative estimate of drug-likeness (QED) is 0.792. The molecule has 0 amide bonds. The summed E-state index contributed by atoms with van der Waals surface area (Å²) in [4.78, 5) is 20.3. The predicted octanol–water partition coefficient (Wildman–Crippen LogP) is 0.363. The van der Waals surface area contributed by atoms with E-state index in [1.807, 2.05) is 5.38 Å². The van der Waals surface area contributed by atoms with Crippen LogP contribution in [0.4, 0.5) is 5.13 Å². The molecule has 6 nitrogen and oxygen atoms in total. The lowest BCUT2D eigenvalue weighted by molar-refractivity contribution is -0.139. The number of carbonyl (C=O) groups is 1. The smallest absolute Gasteiger partial charge is 0.311 e. The number of carbonyl (C=O) groups excluding carboxylic acids is 1. The van der Waals surface area contributed by atoms with Gasteiger partial charge in [0.15, 0.2) is 5.13 Å². The standard InChI is InChI=1S/C13H21N3O3S/c1-19-12(18)9-11-10-20-13(14-11)16-4-2-3-15(5-6-16)7-8-17/h10,17H,2-9H2,1H3. The zero-order valence-corrected chi connectivity index (χ0v) is 12.6. The molecule has 0 aromatic carbocycles. The second-order valence-electron chi connectivity index (χ2n) is 4.78. The van der Waals surface area contributed by atoms with E-state index >= 15 is 0 Å². The predicted molar refractivity (Wildman–Crippen MR) is 78.2 cm³/mol. The molecule has 20 heavy (non-hydrogen) atoms. The first kappa shape index (κ1) is 15.2. The van der Waals surface area contributed by atoms with Gasteiger partial charge in [-0.3, -0.25) is 9.69 Å². The van der Waals surface area contributed by atoms with Crippen LogP contribution in [0, 0.1) is 0 Å². The van der Waals surface area contributed by atoms with Gasteiger partial charge in [0, 0.05) is 31.6 Å². The number of aromatic nitrogens is 1. The first-order valence-electron chi connectivity index (χ1n) is 6.82. The lowest BCUT2D eigenvalue weighted by Crippen LogP contribution is -2.32. The van der Waals surface area contributed by atoms with Crippen molar-refractivity contribution in [3.63, 3.8) is 0 Å². The highest BCUT2D eigenvalue weighted by molar-refractivity contribution is 7.13. The van der Waals surface area contributed by atoms with Crippen LogP contribution >= 0.6 is 11.3 Å². The van der Waals surface area contributed by atoms with Crippen molar-refractivity contribution in [3.8, 4) is 0 Å². The minimum atomic E-state index is -0.258. The lowest BCUT2D eigenvalue weighted by Gasteiger charge is -2.20. The molecule has 1 saturated heterocycles. The topological polar surface area (TPSA) is 65.9 Å². The van der Waals surface area contributed by atoms with Crippen LogP contribution in [0.2, 0.25) is 0 Å². The van der Waals surface area contributed by atoms with Gasteiger partial charge >= 0.3 is 5.97 Å². The van der Waals surface area contributed by atoms with E-state index in [2.05, 4.69) is 19.5 Å². The van der Waals surface area contributed by atoms with Crippen LogP contribution in [0.25, 0.3) is 0 Å². The lowest BCUT2D eigenvalue weighted by atomic mass is 10.3. The summed E-state index contributed by atoms with van der Waals surface area (Å²) in [7, 11) is 1.39. The minimum absolute atomic E-state index is 0.209. The number of β-amino-alcohol motifs (C(OH)–C–C–N with tert-alkyl or cyclic N) is 1. The zero-order chi connectivity index (χ0) is 14.4. The van der Waals surface area contributed by atoms with Gasteiger partial charge in [0.1, 0.15) is 0 Å². The fraction of sp³-hybridized carbons (Fsp3) is 0.692. The number of aliphatic hydroxyl groups excluding tert-OH is 1. The van der Waals surface area contributed by atoms with Crippen molar-refractivity contribution < 1.29 is 14.6 Å². The van der Waals surface area contributed by atoms with Crippen molar-refractivity contribution in [2.45, 2.75) is 12.8 Å². The fourth-order valence-electron chi connectivity index (χ4n) is 2.27. The summed E-state index contributed by atoms with van der Waals surface area (Å²) in [5.74, 6) is -0.258. The molecule has 112 valence electrons. The Kier molecular flexibility index (Phi) is 5.75. The molecule has 7 heteroatoms. The van der Waals surface area contributed by atoms with E-state index < -0.39 is 0 Å². The van der Waals surface area contributed by atoms with Gasteiger partial charge in [-0.05, 0) is 13.0 Å². The van der Waals surface area contributed by atoms with E-state index in [4.69, 9.17) is 5.11 Å². The maximum absolute atomic E-state index is 11.2. The van der Waals surface area contributed by atoms with Crippen LogP contribution in [-0.4, -0.2) is 67.4 Å². The van der Waals surface area contributed by atoms with E-state index in [-0.39, 0.29) is 19.0 Å². The van der Waals surface area contributed by atoms with Gasteiger partial charge in [-0.15, -0.1) is 11.3 Å². The third kappa shape index (κ3) is 4.16. The summed E-state index contributed by atoms with van der Waals surface area (Å²) in [5, 5.41) is 11.9. The molecule has 0 atom stereocenters. The average molecular weight is 299 g/mol. The Balaban J connectivity index is 1.92. The molecule has 2 heterocycles. The summed E-state index contributed by atoms with van der Waals surface area (Å²) in [5.41, 5.74) is 0.772. The number of rotatable bonds is 5. The van der Waals surface area contributed by atoms with Crippen LogP contribution in [0.3, 0.4) is 0 Å². The number of anilines is 1. The van der Waals surface area contributed by atoms with Crippen LogP contribution in [0.15, 0.2) is 5.38 Å². The summed E-state index contributed by atoms with van der Waals surface area (Å²) in [6.07, 6.45) is 1.30. The molecule has 1 aromatic heterocycles. The van der Waals surface area contributed by atoms with Gasteiger partial charge in [0.2, 0.25) is 0 Å². The SMILES string of the molecule is COC(=O)Cc1csc(N2CCCN(CCO)CC2)n1. The van der Waals surface area contributed by atoms with E-state index in [0.717, 1.165) is 50.0 Å². The molecular formula is C13H21N3O3S. The Labute approximate surface area is 123 Å². The van der Waals surface area contributed by atoms with Gasteiger partial charge in [-0.1, -0.05) is 0 Å². The minimum Gasteiger partial charge on any atom is -0.469 e. The van der Waals surface area contributed by atoms with E-state index in [9.17, 15) is 4.79 Å². The highest BCUT2D eigenvalue weighted by Gasteiger charge is 2.17. The normalized spacial score (nSPS) is 17.0. The first-order chi connectivity index (χ1) is 9.72. The number of hydrogen-bond acceptors (Lipinski definition) is 7. The Bertz CT molecular complexity index is 438. The van der Waals surface area contributed by atoms with Crippen LogP contribution in [0.1, 0.15) is 12.1 Å². The van der Waals surface area contributed by atoms with E-state index in [0.29, 0.717) is 0 Å². The van der Waals surface area contributed by atoms with Crippen molar-refractivity contribution >= 4 is 22.4 Å². The number of nitrogens with zero attached hydrogens (tertiary/aromatic N) is 3. The van der Waals surface area contributed by atoms with Gasteiger partial charge in [-0.2, -0.15) is 0 Å². The summed E-state index contributed by atoms with van der Waals surface area (Å²) >= 11 is 1.57. The third-order valence-corrected chi connectivity index (χ3v) is 4.32. The monoisotopic (exact) mass is 299 g/mol. The highest BCUT2D eigenvalue weighted by Crippen LogP contribution is 2.22. The molecule has 1 fully saturated rings. The highest BCUT2D eigenvalue weighted by atomic mass is 32.1. The Morgan fingerprint density at radius 1 is 1.45 bits per heavy atom. The molecule has 1 aliphatic heterocycles. The maximum atomic E-state index is 11.2. The van der Waals surface area contributed by atoms with Gasteiger partial charge in [-0.25, -0.2) is 4.98 Å². The summed E-state index contributed by atoms with van der Waals surface area (Å²) in [6, 6.07) is 0. The molecule has 0 bridgehead atoms. The summed E-state index contributed by atoms with van der Waals surface area (Å²) < 4.78 is 4.65. The van der Waals surface area contributed by atoms with E-state index in [1.54, 1.807) is 11.3 Å². The van der Waals surface area contributed by atoms with Gasteiger partial charge in [0.25, 0.3) is 0 Å². The molecule has 0 aliphatic carbocycles. The second-order valence-corrected chi connectivity index (χ2v) is 5.62. The number of thiazole rings is 1. The first-order valence-corrected chi connectivity index (χ1v) is 7.70. The van der Waals surface area contributed by atoms with Gasteiger partial charge < -0.3 is 14.7 Å². The number of aliphatic hydroxyl groups is 1. The number of methoxy groups -OCH3 is 1. The third-order valence-electron chi connectivity index (χ3n) is 3.37. The molecule has 1 aromatic rings. The molecular weight excluding hydrogens is 278 g/mol. The van der Waals surface area contributed by atoms with Crippen molar-refractivity contribution in [2.24, 2.45) is 0 Å². The Morgan fingerprint density at radius 3 is 3.05 bits per heavy atom. The number of esters is 1. The van der Waals surface area contributed by atoms with Gasteiger partial charge in [0.05, 0.1) is 25.8 Å². The largest absolute Gasteiger partial charge is 0.469 e.